The van der Waals surface area contributed by atoms with Gasteiger partial charge in [0, 0.05) is 29.2 Å². The smallest absolute Gasteiger partial charge is 0.295 e. The van der Waals surface area contributed by atoms with Gasteiger partial charge in [0.05, 0.1) is 25.3 Å². The molecule has 4 aromatic rings. The Morgan fingerprint density at radius 2 is 1.84 bits per heavy atom. The summed E-state index contributed by atoms with van der Waals surface area (Å²) < 4.78 is 10.9. The number of phenolic OH excluding ortho intramolecular Hbond substituents is 1. The molecule has 8 nitrogen and oxygen atoms in total. The zero-order valence-corrected chi connectivity index (χ0v) is 21.1. The molecule has 5 rings (SSSR count). The minimum atomic E-state index is -0.866. The van der Waals surface area contributed by atoms with Crippen molar-refractivity contribution in [3.63, 3.8) is 0 Å². The molecule has 1 aromatic heterocycles. The quantitative estimate of drug-likeness (QED) is 0.175. The van der Waals surface area contributed by atoms with Crippen molar-refractivity contribution in [1.82, 2.24) is 9.88 Å². The first-order chi connectivity index (χ1) is 18.4. The van der Waals surface area contributed by atoms with Gasteiger partial charge in [0.2, 0.25) is 0 Å². The van der Waals surface area contributed by atoms with Crippen molar-refractivity contribution in [1.29, 1.82) is 0 Å². The summed E-state index contributed by atoms with van der Waals surface area (Å²) in [7, 11) is 1.61. The third-order valence-electron chi connectivity index (χ3n) is 6.78. The van der Waals surface area contributed by atoms with Gasteiger partial charge in [-0.05, 0) is 54.8 Å². The van der Waals surface area contributed by atoms with E-state index < -0.39 is 17.7 Å². The van der Waals surface area contributed by atoms with E-state index in [0.29, 0.717) is 29.9 Å². The lowest BCUT2D eigenvalue weighted by molar-refractivity contribution is -0.139. The Balaban J connectivity index is 1.58. The van der Waals surface area contributed by atoms with Crippen molar-refractivity contribution >= 4 is 28.4 Å². The second kappa shape index (κ2) is 10.3. The number of methoxy groups -OCH3 is 1. The molecule has 2 heterocycles. The number of Topliss-reactive ketones (excluding diaryl/α,β-unsaturated/α-hetero) is 1. The van der Waals surface area contributed by atoms with Crippen LogP contribution in [0.3, 0.4) is 0 Å². The van der Waals surface area contributed by atoms with E-state index in [9.17, 15) is 19.8 Å². The van der Waals surface area contributed by atoms with Gasteiger partial charge in [-0.25, -0.2) is 0 Å². The minimum absolute atomic E-state index is 0.00469. The molecule has 1 aliphatic rings. The van der Waals surface area contributed by atoms with Crippen molar-refractivity contribution in [2.24, 2.45) is 0 Å². The van der Waals surface area contributed by atoms with Gasteiger partial charge in [0.25, 0.3) is 11.7 Å². The van der Waals surface area contributed by atoms with Gasteiger partial charge in [-0.2, -0.15) is 0 Å². The number of likely N-dealkylation sites (tertiary alicyclic amines) is 1. The lowest BCUT2D eigenvalue weighted by Crippen LogP contribution is -2.31. The highest BCUT2D eigenvalue weighted by Gasteiger charge is 2.46. The molecular formula is C30H28N2O6. The largest absolute Gasteiger partial charge is 0.507 e. The monoisotopic (exact) mass is 512 g/mol. The Kier molecular flexibility index (Phi) is 6.79. The lowest BCUT2D eigenvalue weighted by atomic mass is 9.95. The van der Waals surface area contributed by atoms with E-state index in [1.54, 1.807) is 56.5 Å². The number of rotatable bonds is 8. The fourth-order valence-electron chi connectivity index (χ4n) is 4.91. The molecular weight excluding hydrogens is 484 g/mol. The van der Waals surface area contributed by atoms with E-state index in [4.69, 9.17) is 9.47 Å². The molecule has 3 N–H and O–H groups in total. The molecule has 0 saturated carbocycles. The van der Waals surface area contributed by atoms with E-state index in [1.165, 1.54) is 11.0 Å². The van der Waals surface area contributed by atoms with Gasteiger partial charge < -0.3 is 29.6 Å². The van der Waals surface area contributed by atoms with Crippen molar-refractivity contribution in [2.45, 2.75) is 19.4 Å². The van der Waals surface area contributed by atoms with Gasteiger partial charge in [-0.1, -0.05) is 36.4 Å². The molecule has 0 spiro atoms. The number of carbonyl (C=O) groups is 2. The molecule has 1 aliphatic heterocycles. The van der Waals surface area contributed by atoms with Gasteiger partial charge in [0.1, 0.15) is 11.5 Å². The Bertz CT molecular complexity index is 1540. The maximum Gasteiger partial charge on any atom is 0.295 e. The summed E-state index contributed by atoms with van der Waals surface area (Å²) in [5.74, 6) is -0.810. The topological polar surface area (TPSA) is 112 Å². The van der Waals surface area contributed by atoms with Crippen LogP contribution in [-0.2, 0) is 16.0 Å². The second-order valence-corrected chi connectivity index (χ2v) is 8.99. The van der Waals surface area contributed by atoms with Crippen LogP contribution in [-0.4, -0.2) is 52.0 Å². The first-order valence-corrected chi connectivity index (χ1v) is 12.4. The number of H-pyrrole nitrogens is 1. The highest BCUT2D eigenvalue weighted by atomic mass is 16.5. The average Bonchev–Trinajstić information content (AvgIpc) is 3.46. The van der Waals surface area contributed by atoms with Crippen LogP contribution in [0.4, 0.5) is 0 Å². The molecule has 1 unspecified atom stereocenters. The summed E-state index contributed by atoms with van der Waals surface area (Å²) in [6, 6.07) is 18.2. The van der Waals surface area contributed by atoms with E-state index in [1.807, 2.05) is 24.4 Å². The van der Waals surface area contributed by atoms with Crippen molar-refractivity contribution < 1.29 is 29.3 Å². The summed E-state index contributed by atoms with van der Waals surface area (Å²) >= 11 is 0. The lowest BCUT2D eigenvalue weighted by Gasteiger charge is -2.26. The number of aromatic nitrogens is 1. The number of benzene rings is 3. The van der Waals surface area contributed by atoms with E-state index >= 15 is 0 Å². The number of amides is 1. The van der Waals surface area contributed by atoms with Crippen LogP contribution in [0.15, 0.2) is 78.5 Å². The first-order valence-electron chi connectivity index (χ1n) is 12.4. The molecule has 0 bridgehead atoms. The summed E-state index contributed by atoms with van der Waals surface area (Å²) in [5.41, 5.74) is 2.87. The number of hydrogen-bond acceptors (Lipinski definition) is 6. The normalized spacial score (nSPS) is 16.8. The number of phenols is 1. The predicted octanol–water partition coefficient (Wildman–Crippen LogP) is 4.95. The van der Waals surface area contributed by atoms with Gasteiger partial charge in [-0.3, -0.25) is 9.59 Å². The highest BCUT2D eigenvalue weighted by molar-refractivity contribution is 6.46. The van der Waals surface area contributed by atoms with Gasteiger partial charge in [0.15, 0.2) is 11.5 Å². The summed E-state index contributed by atoms with van der Waals surface area (Å²) in [5, 5.41) is 22.4. The maximum atomic E-state index is 13.4. The Morgan fingerprint density at radius 1 is 1.05 bits per heavy atom. The molecule has 1 atom stereocenters. The number of nitrogens with one attached hydrogen (secondary N) is 1. The summed E-state index contributed by atoms with van der Waals surface area (Å²) in [4.78, 5) is 31.4. The van der Waals surface area contributed by atoms with Gasteiger partial charge >= 0.3 is 0 Å². The summed E-state index contributed by atoms with van der Waals surface area (Å²) in [6.45, 7) is 2.34. The summed E-state index contributed by atoms with van der Waals surface area (Å²) in [6.07, 6.45) is 2.34. The van der Waals surface area contributed by atoms with Crippen LogP contribution in [0.2, 0.25) is 0 Å². The average molecular weight is 513 g/mol. The van der Waals surface area contributed by atoms with Crippen LogP contribution in [0.25, 0.3) is 16.7 Å². The Labute approximate surface area is 219 Å². The third kappa shape index (κ3) is 4.45. The van der Waals surface area contributed by atoms with E-state index in [-0.39, 0.29) is 29.4 Å². The minimum Gasteiger partial charge on any atom is -0.507 e. The number of ether oxygens (including phenoxy) is 2. The molecule has 8 heteroatoms. The molecule has 1 fully saturated rings. The molecule has 1 amide bonds. The standard InChI is InChI=1S/C30H28N2O6/c1-3-38-25-15-19(9-12-24(25)33)27-26(28(34)18-7-5-4-6-8-18)29(35)30(36)32(27)14-13-20-17-31-23-11-10-21(37-2)16-22(20)23/h4-12,15-17,27,31,33-34H,3,13-14H2,1-2H3/b28-26-. The number of fused-ring (bicyclic) bond motifs is 1. The fraction of sp³-hybridized carbons (Fsp3) is 0.200. The molecule has 0 aliphatic carbocycles. The highest BCUT2D eigenvalue weighted by Crippen LogP contribution is 2.42. The van der Waals surface area contributed by atoms with Crippen LogP contribution in [0.5, 0.6) is 17.2 Å². The Morgan fingerprint density at radius 3 is 2.58 bits per heavy atom. The van der Waals surface area contributed by atoms with E-state index in [2.05, 4.69) is 4.98 Å². The molecule has 194 valence electrons. The number of aromatic amines is 1. The molecule has 3 aromatic carbocycles. The first kappa shape index (κ1) is 25.0. The Hall–Kier alpha value is -4.72. The number of nitrogens with zero attached hydrogens (tertiary/aromatic N) is 1. The number of aliphatic hydroxyl groups excluding tert-OH is 1. The number of carbonyl (C=O) groups excluding carboxylic acids is 2. The number of aromatic hydroxyl groups is 1. The second-order valence-electron chi connectivity index (χ2n) is 8.99. The van der Waals surface area contributed by atoms with Crippen LogP contribution < -0.4 is 9.47 Å². The van der Waals surface area contributed by atoms with Crippen molar-refractivity contribution in [2.75, 3.05) is 20.3 Å². The van der Waals surface area contributed by atoms with Crippen LogP contribution in [0.1, 0.15) is 29.7 Å². The number of hydrogen-bond donors (Lipinski definition) is 3. The van der Waals surface area contributed by atoms with Crippen molar-refractivity contribution in [3.8, 4) is 17.2 Å². The van der Waals surface area contributed by atoms with Crippen LogP contribution in [0, 0.1) is 0 Å². The molecule has 38 heavy (non-hydrogen) atoms. The van der Waals surface area contributed by atoms with Crippen LogP contribution >= 0.6 is 0 Å². The maximum absolute atomic E-state index is 13.4. The fourth-order valence-corrected chi connectivity index (χ4v) is 4.91. The van der Waals surface area contributed by atoms with E-state index in [0.717, 1.165) is 16.5 Å². The van der Waals surface area contributed by atoms with Crippen molar-refractivity contribution in [3.05, 3.63) is 95.2 Å². The zero-order chi connectivity index (χ0) is 26.8. The molecule has 0 radical (unpaired) electrons. The molecule has 1 saturated heterocycles. The number of aliphatic hydroxyl groups is 1. The third-order valence-corrected chi connectivity index (χ3v) is 6.78. The van der Waals surface area contributed by atoms with Gasteiger partial charge in [-0.15, -0.1) is 0 Å². The predicted molar refractivity (Wildman–Crippen MR) is 143 cm³/mol. The SMILES string of the molecule is CCOc1cc(C2/C(=C(/O)c3ccccc3)C(=O)C(=O)N2CCc2c[nH]c3ccc(OC)cc23)ccc1O. The number of ketones is 1. The zero-order valence-electron chi connectivity index (χ0n) is 21.1.